The van der Waals surface area contributed by atoms with Gasteiger partial charge in [-0.05, 0) is 6.42 Å². The SMILES string of the molecule is CCCCc1cc(C(C)(C)C)no1. The molecule has 1 rings (SSSR count). The maximum Gasteiger partial charge on any atom is 0.137 e. The van der Waals surface area contributed by atoms with E-state index in [1.54, 1.807) is 0 Å². The van der Waals surface area contributed by atoms with Crippen LogP contribution in [0.15, 0.2) is 10.6 Å². The van der Waals surface area contributed by atoms with Gasteiger partial charge in [-0.3, -0.25) is 0 Å². The first-order valence-electron chi connectivity index (χ1n) is 5.00. The van der Waals surface area contributed by atoms with E-state index in [1.165, 1.54) is 12.8 Å². The van der Waals surface area contributed by atoms with Crippen LogP contribution in [-0.2, 0) is 11.8 Å². The summed E-state index contributed by atoms with van der Waals surface area (Å²) in [6, 6.07) is 2.08. The second-order valence-corrected chi connectivity index (χ2v) is 4.53. The number of rotatable bonds is 3. The molecule has 0 unspecified atom stereocenters. The highest BCUT2D eigenvalue weighted by atomic mass is 16.5. The lowest BCUT2D eigenvalue weighted by molar-refractivity contribution is 0.362. The van der Waals surface area contributed by atoms with Gasteiger partial charge >= 0.3 is 0 Å². The van der Waals surface area contributed by atoms with Crippen LogP contribution in [0.25, 0.3) is 0 Å². The Morgan fingerprint density at radius 2 is 2.08 bits per heavy atom. The molecule has 0 radical (unpaired) electrons. The molecule has 0 saturated carbocycles. The fourth-order valence-corrected chi connectivity index (χ4v) is 1.14. The molecular formula is C11H19NO. The first kappa shape index (κ1) is 10.3. The van der Waals surface area contributed by atoms with E-state index in [4.69, 9.17) is 4.52 Å². The van der Waals surface area contributed by atoms with Crippen molar-refractivity contribution in [2.75, 3.05) is 0 Å². The van der Waals surface area contributed by atoms with E-state index in [2.05, 4.69) is 38.9 Å². The summed E-state index contributed by atoms with van der Waals surface area (Å²) in [7, 11) is 0. The summed E-state index contributed by atoms with van der Waals surface area (Å²) >= 11 is 0. The van der Waals surface area contributed by atoms with Crippen LogP contribution in [0.1, 0.15) is 52.0 Å². The van der Waals surface area contributed by atoms with Crippen molar-refractivity contribution >= 4 is 0 Å². The third-order valence-electron chi connectivity index (χ3n) is 2.10. The van der Waals surface area contributed by atoms with Crippen LogP contribution < -0.4 is 0 Å². The van der Waals surface area contributed by atoms with Crippen molar-refractivity contribution in [2.24, 2.45) is 0 Å². The summed E-state index contributed by atoms with van der Waals surface area (Å²) in [5.74, 6) is 1.02. The third kappa shape index (κ3) is 2.87. The molecule has 0 aromatic carbocycles. The molecule has 1 aromatic heterocycles. The number of unbranched alkanes of at least 4 members (excludes halogenated alkanes) is 1. The first-order chi connectivity index (χ1) is 6.04. The molecule has 0 spiro atoms. The summed E-state index contributed by atoms with van der Waals surface area (Å²) in [6.45, 7) is 8.62. The Labute approximate surface area is 80.3 Å². The summed E-state index contributed by atoms with van der Waals surface area (Å²) < 4.78 is 5.24. The zero-order valence-corrected chi connectivity index (χ0v) is 9.05. The molecule has 0 aliphatic rings. The molecule has 2 heteroatoms. The normalized spacial score (nSPS) is 12.0. The Morgan fingerprint density at radius 3 is 2.54 bits per heavy atom. The number of aromatic nitrogens is 1. The second-order valence-electron chi connectivity index (χ2n) is 4.53. The molecular weight excluding hydrogens is 162 g/mol. The summed E-state index contributed by atoms with van der Waals surface area (Å²) in [5, 5.41) is 4.07. The Kier molecular flexibility index (Phi) is 3.12. The van der Waals surface area contributed by atoms with Gasteiger partial charge in [-0.15, -0.1) is 0 Å². The molecule has 0 fully saturated rings. The van der Waals surface area contributed by atoms with E-state index >= 15 is 0 Å². The molecule has 1 heterocycles. The van der Waals surface area contributed by atoms with Gasteiger partial charge < -0.3 is 4.52 Å². The van der Waals surface area contributed by atoms with Crippen LogP contribution in [0.5, 0.6) is 0 Å². The highest BCUT2D eigenvalue weighted by molar-refractivity contribution is 5.13. The molecule has 13 heavy (non-hydrogen) atoms. The van der Waals surface area contributed by atoms with Gasteiger partial charge in [0.25, 0.3) is 0 Å². The molecule has 1 aromatic rings. The van der Waals surface area contributed by atoms with E-state index in [0.29, 0.717) is 0 Å². The quantitative estimate of drug-likeness (QED) is 0.715. The van der Waals surface area contributed by atoms with Crippen molar-refractivity contribution in [3.05, 3.63) is 17.5 Å². The third-order valence-corrected chi connectivity index (χ3v) is 2.10. The van der Waals surface area contributed by atoms with E-state index in [0.717, 1.165) is 17.9 Å². The van der Waals surface area contributed by atoms with Crippen molar-refractivity contribution in [1.82, 2.24) is 5.16 Å². The Balaban J connectivity index is 2.64. The summed E-state index contributed by atoms with van der Waals surface area (Å²) in [4.78, 5) is 0. The lowest BCUT2D eigenvalue weighted by Gasteiger charge is -2.12. The zero-order chi connectivity index (χ0) is 9.90. The Hall–Kier alpha value is -0.790. The number of hydrogen-bond donors (Lipinski definition) is 0. The zero-order valence-electron chi connectivity index (χ0n) is 9.05. The predicted octanol–water partition coefficient (Wildman–Crippen LogP) is 3.31. The number of hydrogen-bond acceptors (Lipinski definition) is 2. The number of aryl methyl sites for hydroxylation is 1. The van der Waals surface area contributed by atoms with E-state index in [-0.39, 0.29) is 5.41 Å². The topological polar surface area (TPSA) is 26.0 Å². The Bertz CT molecular complexity index is 257. The number of nitrogens with zero attached hydrogens (tertiary/aromatic N) is 1. The fraction of sp³-hybridized carbons (Fsp3) is 0.727. The molecule has 0 aliphatic heterocycles. The molecule has 74 valence electrons. The van der Waals surface area contributed by atoms with Gasteiger partial charge in [0.05, 0.1) is 5.69 Å². The van der Waals surface area contributed by atoms with E-state index in [1.807, 2.05) is 0 Å². The molecule has 2 nitrogen and oxygen atoms in total. The van der Waals surface area contributed by atoms with Gasteiger partial charge in [0.2, 0.25) is 0 Å². The van der Waals surface area contributed by atoms with Gasteiger partial charge in [0.15, 0.2) is 0 Å². The maximum absolute atomic E-state index is 5.24. The van der Waals surface area contributed by atoms with E-state index in [9.17, 15) is 0 Å². The van der Waals surface area contributed by atoms with Gasteiger partial charge in [-0.1, -0.05) is 39.3 Å². The second kappa shape index (κ2) is 3.95. The molecule has 0 N–H and O–H groups in total. The average Bonchev–Trinajstić information content (AvgIpc) is 2.47. The lowest BCUT2D eigenvalue weighted by Crippen LogP contribution is -2.10. The standard InChI is InChI=1S/C11H19NO/c1-5-6-7-9-8-10(12-13-9)11(2,3)4/h8H,5-7H2,1-4H3. The van der Waals surface area contributed by atoms with Crippen molar-refractivity contribution < 1.29 is 4.52 Å². The van der Waals surface area contributed by atoms with Crippen LogP contribution >= 0.6 is 0 Å². The maximum atomic E-state index is 5.24. The van der Waals surface area contributed by atoms with Gasteiger partial charge in [0, 0.05) is 17.9 Å². The van der Waals surface area contributed by atoms with Crippen LogP contribution in [0.3, 0.4) is 0 Å². The minimum absolute atomic E-state index is 0.105. The molecule has 0 atom stereocenters. The van der Waals surface area contributed by atoms with Crippen LogP contribution in [0.2, 0.25) is 0 Å². The van der Waals surface area contributed by atoms with E-state index < -0.39 is 0 Å². The monoisotopic (exact) mass is 181 g/mol. The van der Waals surface area contributed by atoms with Crippen molar-refractivity contribution in [3.63, 3.8) is 0 Å². The summed E-state index contributed by atoms with van der Waals surface area (Å²) in [5.41, 5.74) is 1.16. The van der Waals surface area contributed by atoms with Crippen LogP contribution in [0.4, 0.5) is 0 Å². The molecule has 0 bridgehead atoms. The molecule has 0 amide bonds. The molecule has 0 aliphatic carbocycles. The summed E-state index contributed by atoms with van der Waals surface area (Å²) in [6.07, 6.45) is 3.39. The average molecular weight is 181 g/mol. The van der Waals surface area contributed by atoms with Crippen LogP contribution in [0, 0.1) is 0 Å². The Morgan fingerprint density at radius 1 is 1.38 bits per heavy atom. The largest absolute Gasteiger partial charge is 0.361 e. The minimum atomic E-state index is 0.105. The van der Waals surface area contributed by atoms with Crippen molar-refractivity contribution in [3.8, 4) is 0 Å². The first-order valence-corrected chi connectivity index (χ1v) is 5.00. The molecule has 0 saturated heterocycles. The van der Waals surface area contributed by atoms with Gasteiger partial charge in [0.1, 0.15) is 5.76 Å². The van der Waals surface area contributed by atoms with Crippen molar-refractivity contribution in [1.29, 1.82) is 0 Å². The van der Waals surface area contributed by atoms with Gasteiger partial charge in [-0.2, -0.15) is 0 Å². The van der Waals surface area contributed by atoms with Crippen molar-refractivity contribution in [2.45, 2.75) is 52.4 Å². The highest BCUT2D eigenvalue weighted by Gasteiger charge is 2.18. The lowest BCUT2D eigenvalue weighted by atomic mass is 9.92. The van der Waals surface area contributed by atoms with Gasteiger partial charge in [-0.25, -0.2) is 0 Å². The smallest absolute Gasteiger partial charge is 0.137 e. The fourth-order valence-electron chi connectivity index (χ4n) is 1.14. The minimum Gasteiger partial charge on any atom is -0.361 e. The van der Waals surface area contributed by atoms with Crippen LogP contribution in [-0.4, -0.2) is 5.16 Å². The predicted molar refractivity (Wildman–Crippen MR) is 53.8 cm³/mol. The highest BCUT2D eigenvalue weighted by Crippen LogP contribution is 2.21.